The summed E-state index contributed by atoms with van der Waals surface area (Å²) in [5.74, 6) is 1.24. The summed E-state index contributed by atoms with van der Waals surface area (Å²) in [6.45, 7) is 4.42. The fourth-order valence-electron chi connectivity index (χ4n) is 2.20. The largest absolute Gasteiger partial charge is 0.493 e. The van der Waals surface area contributed by atoms with Gasteiger partial charge in [-0.15, -0.1) is 0 Å². The number of nitrogens with one attached hydrogen (secondary N) is 2. The molecule has 6 nitrogen and oxygen atoms in total. The van der Waals surface area contributed by atoms with Crippen LogP contribution in [0.2, 0.25) is 0 Å². The van der Waals surface area contributed by atoms with Gasteiger partial charge in [0.05, 0.1) is 25.5 Å². The van der Waals surface area contributed by atoms with Gasteiger partial charge >= 0.3 is 0 Å². The van der Waals surface area contributed by atoms with Gasteiger partial charge in [-0.3, -0.25) is 9.78 Å². The maximum absolute atomic E-state index is 12.0. The molecule has 6 heteroatoms. The highest BCUT2D eigenvalue weighted by atomic mass is 16.5. The van der Waals surface area contributed by atoms with Crippen molar-refractivity contribution in [1.82, 2.24) is 10.3 Å². The Morgan fingerprint density at radius 2 is 1.88 bits per heavy atom. The summed E-state index contributed by atoms with van der Waals surface area (Å²) in [6, 6.07) is 7.60. The Kier molecular flexibility index (Phi) is 6.01. The molecule has 0 radical (unpaired) electrons. The van der Waals surface area contributed by atoms with Crippen molar-refractivity contribution in [2.24, 2.45) is 0 Å². The predicted molar refractivity (Wildman–Crippen MR) is 93.7 cm³/mol. The summed E-state index contributed by atoms with van der Waals surface area (Å²) in [4.78, 5) is 16.1. The third-order valence-electron chi connectivity index (χ3n) is 3.36. The molecule has 0 spiro atoms. The number of ether oxygens (including phenoxy) is 2. The van der Waals surface area contributed by atoms with Crippen molar-refractivity contribution in [1.29, 1.82) is 0 Å². The van der Waals surface area contributed by atoms with E-state index in [0.29, 0.717) is 23.6 Å². The van der Waals surface area contributed by atoms with Gasteiger partial charge in [0.1, 0.15) is 0 Å². The van der Waals surface area contributed by atoms with Crippen LogP contribution in [0.15, 0.2) is 36.7 Å². The lowest BCUT2D eigenvalue weighted by Gasteiger charge is -2.12. The molecule has 0 bridgehead atoms. The lowest BCUT2D eigenvalue weighted by molar-refractivity contribution is 0.0943. The number of amides is 1. The van der Waals surface area contributed by atoms with E-state index in [9.17, 15) is 4.79 Å². The summed E-state index contributed by atoms with van der Waals surface area (Å²) in [5.41, 5.74) is 2.34. The molecule has 2 N–H and O–H groups in total. The number of methoxy groups -OCH3 is 2. The van der Waals surface area contributed by atoms with Crippen LogP contribution in [-0.4, -0.2) is 31.2 Å². The third kappa shape index (κ3) is 4.62. The number of aromatic nitrogens is 1. The standard InChI is InChI=1S/C18H23N3O3/c1-12(2)21-18(22)14-8-15(11-19-10-14)20-9-13-5-6-16(23-3)17(7-13)24-4/h5-8,10-12,20H,9H2,1-4H3,(H,21,22). The Morgan fingerprint density at radius 1 is 1.12 bits per heavy atom. The zero-order valence-corrected chi connectivity index (χ0v) is 14.4. The number of carbonyl (C=O) groups is 1. The van der Waals surface area contributed by atoms with Gasteiger partial charge in [-0.1, -0.05) is 6.07 Å². The van der Waals surface area contributed by atoms with Crippen LogP contribution < -0.4 is 20.1 Å². The van der Waals surface area contributed by atoms with Gasteiger partial charge in [-0.2, -0.15) is 0 Å². The Morgan fingerprint density at radius 3 is 2.54 bits per heavy atom. The van der Waals surface area contributed by atoms with E-state index < -0.39 is 0 Å². The maximum atomic E-state index is 12.0. The number of nitrogens with zero attached hydrogens (tertiary/aromatic N) is 1. The average Bonchev–Trinajstić information content (AvgIpc) is 2.59. The van der Waals surface area contributed by atoms with Crippen LogP contribution in [0.3, 0.4) is 0 Å². The number of benzene rings is 1. The van der Waals surface area contributed by atoms with Gasteiger partial charge in [-0.05, 0) is 37.6 Å². The van der Waals surface area contributed by atoms with Crippen LogP contribution in [0, 0.1) is 0 Å². The molecule has 128 valence electrons. The molecular weight excluding hydrogens is 306 g/mol. The van der Waals surface area contributed by atoms with Gasteiger partial charge < -0.3 is 20.1 Å². The smallest absolute Gasteiger partial charge is 0.253 e. The highest BCUT2D eigenvalue weighted by Crippen LogP contribution is 2.27. The van der Waals surface area contributed by atoms with E-state index >= 15 is 0 Å². The summed E-state index contributed by atoms with van der Waals surface area (Å²) in [5, 5.41) is 6.11. The Hall–Kier alpha value is -2.76. The quantitative estimate of drug-likeness (QED) is 0.817. The van der Waals surface area contributed by atoms with E-state index in [4.69, 9.17) is 9.47 Å². The number of anilines is 1. The minimum absolute atomic E-state index is 0.0841. The molecule has 1 amide bonds. The van der Waals surface area contributed by atoms with E-state index in [0.717, 1.165) is 11.3 Å². The van der Waals surface area contributed by atoms with Crippen LogP contribution in [0.1, 0.15) is 29.8 Å². The van der Waals surface area contributed by atoms with E-state index in [1.165, 1.54) is 0 Å². The summed E-state index contributed by atoms with van der Waals surface area (Å²) in [7, 11) is 3.21. The molecule has 2 rings (SSSR count). The van der Waals surface area contributed by atoms with Crippen LogP contribution in [0.5, 0.6) is 11.5 Å². The van der Waals surface area contributed by atoms with E-state index in [-0.39, 0.29) is 11.9 Å². The molecule has 0 saturated heterocycles. The molecule has 0 aliphatic carbocycles. The van der Waals surface area contributed by atoms with E-state index in [1.807, 2.05) is 32.0 Å². The van der Waals surface area contributed by atoms with Crippen molar-refractivity contribution in [2.45, 2.75) is 26.4 Å². The maximum Gasteiger partial charge on any atom is 0.253 e. The lowest BCUT2D eigenvalue weighted by Crippen LogP contribution is -2.30. The van der Waals surface area contributed by atoms with Gasteiger partial charge in [0, 0.05) is 25.0 Å². The molecule has 0 aliphatic rings. The van der Waals surface area contributed by atoms with E-state index in [1.54, 1.807) is 32.7 Å². The van der Waals surface area contributed by atoms with Crippen molar-refractivity contribution >= 4 is 11.6 Å². The first-order valence-corrected chi connectivity index (χ1v) is 7.74. The third-order valence-corrected chi connectivity index (χ3v) is 3.36. The normalized spacial score (nSPS) is 10.4. The van der Waals surface area contributed by atoms with Gasteiger partial charge in [0.25, 0.3) is 5.91 Å². The van der Waals surface area contributed by atoms with Gasteiger partial charge in [-0.25, -0.2) is 0 Å². The number of carbonyl (C=O) groups excluding carboxylic acids is 1. The second kappa shape index (κ2) is 8.19. The summed E-state index contributed by atoms with van der Waals surface area (Å²) in [6.07, 6.45) is 3.24. The zero-order valence-electron chi connectivity index (χ0n) is 14.4. The van der Waals surface area contributed by atoms with Crippen molar-refractivity contribution in [3.8, 4) is 11.5 Å². The SMILES string of the molecule is COc1ccc(CNc2cncc(C(=O)NC(C)C)c2)cc1OC. The molecule has 1 heterocycles. The number of hydrogen-bond acceptors (Lipinski definition) is 5. The minimum Gasteiger partial charge on any atom is -0.493 e. The number of rotatable bonds is 7. The first-order chi connectivity index (χ1) is 11.5. The van der Waals surface area contributed by atoms with Gasteiger partial charge in [0.2, 0.25) is 0 Å². The monoisotopic (exact) mass is 329 g/mol. The molecule has 1 aromatic heterocycles. The van der Waals surface area contributed by atoms with Crippen molar-refractivity contribution in [3.05, 3.63) is 47.8 Å². The lowest BCUT2D eigenvalue weighted by atomic mass is 10.2. The van der Waals surface area contributed by atoms with Crippen molar-refractivity contribution in [2.75, 3.05) is 19.5 Å². The molecule has 0 atom stereocenters. The summed E-state index contributed by atoms with van der Waals surface area (Å²) >= 11 is 0. The molecule has 24 heavy (non-hydrogen) atoms. The van der Waals surface area contributed by atoms with Crippen LogP contribution in [0.4, 0.5) is 5.69 Å². The molecule has 0 fully saturated rings. The first kappa shape index (κ1) is 17.6. The topological polar surface area (TPSA) is 72.5 Å². The van der Waals surface area contributed by atoms with Crippen LogP contribution in [0.25, 0.3) is 0 Å². The average molecular weight is 329 g/mol. The highest BCUT2D eigenvalue weighted by molar-refractivity contribution is 5.94. The minimum atomic E-state index is -0.132. The predicted octanol–water partition coefficient (Wildman–Crippen LogP) is 2.85. The van der Waals surface area contributed by atoms with Crippen molar-refractivity contribution < 1.29 is 14.3 Å². The Labute approximate surface area is 142 Å². The molecule has 0 unspecified atom stereocenters. The molecule has 1 aromatic carbocycles. The van der Waals surface area contributed by atoms with E-state index in [2.05, 4.69) is 15.6 Å². The second-order valence-corrected chi connectivity index (χ2v) is 5.63. The summed E-state index contributed by atoms with van der Waals surface area (Å²) < 4.78 is 10.5. The second-order valence-electron chi connectivity index (χ2n) is 5.63. The van der Waals surface area contributed by atoms with Gasteiger partial charge in [0.15, 0.2) is 11.5 Å². The molecule has 0 aliphatic heterocycles. The number of hydrogen-bond donors (Lipinski definition) is 2. The first-order valence-electron chi connectivity index (χ1n) is 7.74. The zero-order chi connectivity index (χ0) is 17.5. The number of pyridine rings is 1. The Balaban J connectivity index is 2.05. The van der Waals surface area contributed by atoms with Crippen molar-refractivity contribution in [3.63, 3.8) is 0 Å². The van der Waals surface area contributed by atoms with Crippen LogP contribution in [-0.2, 0) is 6.54 Å². The fourth-order valence-corrected chi connectivity index (χ4v) is 2.20. The fraction of sp³-hybridized carbons (Fsp3) is 0.333. The highest BCUT2D eigenvalue weighted by Gasteiger charge is 2.09. The Bertz CT molecular complexity index is 702. The molecular formula is C18H23N3O3. The molecule has 2 aromatic rings. The molecule has 0 saturated carbocycles. The van der Waals surface area contributed by atoms with Crippen LogP contribution >= 0.6 is 0 Å².